The van der Waals surface area contributed by atoms with Gasteiger partial charge in [0.15, 0.2) is 0 Å². The Balaban J connectivity index is 1.56. The molecule has 144 valence electrons. The van der Waals surface area contributed by atoms with E-state index < -0.39 is 11.7 Å². The van der Waals surface area contributed by atoms with Crippen LogP contribution in [0, 0.1) is 0 Å². The lowest BCUT2D eigenvalue weighted by atomic mass is 10.1. The van der Waals surface area contributed by atoms with Gasteiger partial charge in [-0.25, -0.2) is 4.98 Å². The first-order chi connectivity index (χ1) is 12.9. The van der Waals surface area contributed by atoms with Crippen LogP contribution >= 0.6 is 11.3 Å². The second-order valence-corrected chi connectivity index (χ2v) is 7.78. The van der Waals surface area contributed by atoms with Gasteiger partial charge in [0.2, 0.25) is 0 Å². The number of hydrogen-bond acceptors (Lipinski definition) is 4. The highest BCUT2D eigenvalue weighted by Gasteiger charge is 2.38. The van der Waals surface area contributed by atoms with Gasteiger partial charge >= 0.3 is 6.18 Å². The SMILES string of the molecule is O=C(c1csc([C@H]2CCCO2)n1)N(Cc1ccccc1C(F)(F)F)C1CC1. The number of rotatable bonds is 5. The molecule has 1 aromatic carbocycles. The minimum absolute atomic E-state index is 0.0216. The van der Waals surface area contributed by atoms with Gasteiger partial charge in [0, 0.05) is 24.6 Å². The van der Waals surface area contributed by atoms with Crippen molar-refractivity contribution < 1.29 is 22.7 Å². The third-order valence-corrected chi connectivity index (χ3v) is 5.79. The van der Waals surface area contributed by atoms with Crippen LogP contribution < -0.4 is 0 Å². The zero-order valence-electron chi connectivity index (χ0n) is 14.5. The minimum Gasteiger partial charge on any atom is -0.371 e. The van der Waals surface area contributed by atoms with Gasteiger partial charge in [-0.05, 0) is 37.3 Å². The minimum atomic E-state index is -4.44. The normalized spacial score (nSPS) is 20.0. The molecule has 4 rings (SSSR count). The number of benzene rings is 1. The lowest BCUT2D eigenvalue weighted by Gasteiger charge is -2.23. The molecule has 2 heterocycles. The molecule has 8 heteroatoms. The Hall–Kier alpha value is -1.93. The van der Waals surface area contributed by atoms with Crippen molar-refractivity contribution in [2.45, 2.75) is 50.6 Å². The quantitative estimate of drug-likeness (QED) is 0.728. The van der Waals surface area contributed by atoms with Gasteiger partial charge in [0.25, 0.3) is 5.91 Å². The van der Waals surface area contributed by atoms with E-state index in [4.69, 9.17) is 4.74 Å². The molecule has 2 aromatic rings. The largest absolute Gasteiger partial charge is 0.416 e. The number of carbonyl (C=O) groups excluding carboxylic acids is 1. The van der Waals surface area contributed by atoms with Gasteiger partial charge in [0.1, 0.15) is 16.8 Å². The molecule has 1 aliphatic carbocycles. The van der Waals surface area contributed by atoms with Crippen LogP contribution in [0.25, 0.3) is 0 Å². The molecule has 4 nitrogen and oxygen atoms in total. The first-order valence-corrected chi connectivity index (χ1v) is 9.84. The van der Waals surface area contributed by atoms with Gasteiger partial charge in [-0.1, -0.05) is 18.2 Å². The summed E-state index contributed by atoms with van der Waals surface area (Å²) < 4.78 is 45.5. The Kier molecular flexibility index (Phi) is 4.94. The third-order valence-electron chi connectivity index (χ3n) is 4.86. The number of alkyl halides is 3. The molecule has 0 spiro atoms. The maximum atomic E-state index is 13.3. The summed E-state index contributed by atoms with van der Waals surface area (Å²) in [5.74, 6) is -0.310. The van der Waals surface area contributed by atoms with E-state index >= 15 is 0 Å². The zero-order valence-corrected chi connectivity index (χ0v) is 15.4. The summed E-state index contributed by atoms with van der Waals surface area (Å²) in [6.07, 6.45) is -1.05. The lowest BCUT2D eigenvalue weighted by molar-refractivity contribution is -0.138. The highest BCUT2D eigenvalue weighted by Crippen LogP contribution is 2.36. The number of carbonyl (C=O) groups is 1. The van der Waals surface area contributed by atoms with E-state index in [1.54, 1.807) is 11.4 Å². The fourth-order valence-electron chi connectivity index (χ4n) is 3.32. The summed E-state index contributed by atoms with van der Waals surface area (Å²) in [6.45, 7) is 0.627. The summed E-state index contributed by atoms with van der Waals surface area (Å²) in [5.41, 5.74) is -0.288. The molecule has 1 atom stereocenters. The van der Waals surface area contributed by atoms with Crippen molar-refractivity contribution in [1.82, 2.24) is 9.88 Å². The van der Waals surface area contributed by atoms with Gasteiger partial charge in [-0.15, -0.1) is 11.3 Å². The number of ether oxygens (including phenoxy) is 1. The van der Waals surface area contributed by atoms with Crippen molar-refractivity contribution >= 4 is 17.2 Å². The first kappa shape index (κ1) is 18.4. The van der Waals surface area contributed by atoms with Gasteiger partial charge in [-0.3, -0.25) is 4.79 Å². The van der Waals surface area contributed by atoms with E-state index in [9.17, 15) is 18.0 Å². The molecular weight excluding hydrogens is 377 g/mol. The van der Waals surface area contributed by atoms with Gasteiger partial charge in [0.05, 0.1) is 5.56 Å². The predicted molar refractivity (Wildman–Crippen MR) is 94.4 cm³/mol. The van der Waals surface area contributed by atoms with Crippen LogP contribution in [0.5, 0.6) is 0 Å². The molecule has 1 amide bonds. The summed E-state index contributed by atoms with van der Waals surface area (Å²) in [7, 11) is 0. The zero-order chi connectivity index (χ0) is 19.0. The molecule has 1 aromatic heterocycles. The molecule has 27 heavy (non-hydrogen) atoms. The number of thiazole rings is 1. The maximum absolute atomic E-state index is 13.3. The average Bonchev–Trinajstić information content (AvgIpc) is 3.12. The number of aromatic nitrogens is 1. The smallest absolute Gasteiger partial charge is 0.371 e. The van der Waals surface area contributed by atoms with Crippen LogP contribution in [-0.4, -0.2) is 28.4 Å². The van der Waals surface area contributed by atoms with Crippen LogP contribution in [0.3, 0.4) is 0 Å². The summed E-state index contributed by atoms with van der Waals surface area (Å²) in [5, 5.41) is 2.45. The van der Waals surface area contributed by atoms with Crippen LogP contribution in [0.15, 0.2) is 29.6 Å². The number of amides is 1. The monoisotopic (exact) mass is 396 g/mol. The van der Waals surface area contributed by atoms with E-state index in [2.05, 4.69) is 4.98 Å². The highest BCUT2D eigenvalue weighted by molar-refractivity contribution is 7.09. The average molecular weight is 396 g/mol. The Morgan fingerprint density at radius 3 is 2.70 bits per heavy atom. The Morgan fingerprint density at radius 2 is 2.04 bits per heavy atom. The summed E-state index contributed by atoms with van der Waals surface area (Å²) in [4.78, 5) is 18.9. The second kappa shape index (κ2) is 7.24. The van der Waals surface area contributed by atoms with Crippen molar-refractivity contribution in [1.29, 1.82) is 0 Å². The number of nitrogens with zero attached hydrogens (tertiary/aromatic N) is 2. The van der Waals surface area contributed by atoms with Gasteiger partial charge in [-0.2, -0.15) is 13.2 Å². The number of hydrogen-bond donors (Lipinski definition) is 0. The predicted octanol–water partition coefficient (Wildman–Crippen LogP) is 4.82. The number of halogens is 3. The fraction of sp³-hybridized carbons (Fsp3) is 0.474. The fourth-order valence-corrected chi connectivity index (χ4v) is 4.20. The van der Waals surface area contributed by atoms with E-state index in [0.717, 1.165) is 36.8 Å². The molecule has 1 saturated carbocycles. The van der Waals surface area contributed by atoms with E-state index in [-0.39, 0.29) is 30.2 Å². The van der Waals surface area contributed by atoms with Crippen molar-refractivity contribution in [2.24, 2.45) is 0 Å². The molecule has 0 bridgehead atoms. The lowest BCUT2D eigenvalue weighted by Crippen LogP contribution is -2.33. The molecule has 0 unspecified atom stereocenters. The Morgan fingerprint density at radius 1 is 1.26 bits per heavy atom. The van der Waals surface area contributed by atoms with Crippen LogP contribution in [0.2, 0.25) is 0 Å². The van der Waals surface area contributed by atoms with Crippen LogP contribution in [0.1, 0.15) is 58.4 Å². The van der Waals surface area contributed by atoms with Crippen molar-refractivity contribution in [3.05, 3.63) is 51.5 Å². The van der Waals surface area contributed by atoms with E-state index in [1.807, 2.05) is 0 Å². The topological polar surface area (TPSA) is 42.4 Å². The van der Waals surface area contributed by atoms with Crippen molar-refractivity contribution in [2.75, 3.05) is 6.61 Å². The molecule has 2 aliphatic rings. The molecule has 0 radical (unpaired) electrons. The molecule has 1 aliphatic heterocycles. The van der Waals surface area contributed by atoms with E-state index in [1.165, 1.54) is 28.4 Å². The maximum Gasteiger partial charge on any atom is 0.416 e. The highest BCUT2D eigenvalue weighted by atomic mass is 32.1. The molecular formula is C19H19F3N2O2S. The molecule has 0 N–H and O–H groups in total. The third kappa shape index (κ3) is 4.01. The van der Waals surface area contributed by atoms with Crippen LogP contribution in [0.4, 0.5) is 13.2 Å². The second-order valence-electron chi connectivity index (χ2n) is 6.89. The van der Waals surface area contributed by atoms with Crippen LogP contribution in [-0.2, 0) is 17.5 Å². The van der Waals surface area contributed by atoms with E-state index in [0.29, 0.717) is 12.3 Å². The van der Waals surface area contributed by atoms with Crippen molar-refractivity contribution in [3.63, 3.8) is 0 Å². The molecule has 1 saturated heterocycles. The van der Waals surface area contributed by atoms with Crippen molar-refractivity contribution in [3.8, 4) is 0 Å². The standard InChI is InChI=1S/C19H19F3N2O2S/c20-19(21,22)14-5-2-1-4-12(14)10-24(13-7-8-13)18(25)15-11-27-17(23-15)16-6-3-9-26-16/h1-2,4-5,11,13,16H,3,6-10H2/t16-/m1/s1. The molecule has 2 fully saturated rings. The Bertz CT molecular complexity index is 826. The summed E-state index contributed by atoms with van der Waals surface area (Å²) >= 11 is 1.37. The Labute approximate surface area is 159 Å². The first-order valence-electron chi connectivity index (χ1n) is 8.96. The summed E-state index contributed by atoms with van der Waals surface area (Å²) in [6, 6.07) is 5.41. The van der Waals surface area contributed by atoms with Gasteiger partial charge < -0.3 is 9.64 Å².